The van der Waals surface area contributed by atoms with Gasteiger partial charge in [0, 0.05) is 25.3 Å². The van der Waals surface area contributed by atoms with E-state index in [9.17, 15) is 14.7 Å². The third kappa shape index (κ3) is 3.34. The summed E-state index contributed by atoms with van der Waals surface area (Å²) >= 11 is 0. The molecule has 8 nitrogen and oxygen atoms in total. The molecule has 1 amide bonds. The summed E-state index contributed by atoms with van der Waals surface area (Å²) in [5.41, 5.74) is 2.36. The van der Waals surface area contributed by atoms with Gasteiger partial charge in [-0.1, -0.05) is 0 Å². The Balaban J connectivity index is 1.94. The van der Waals surface area contributed by atoms with E-state index in [1.807, 2.05) is 0 Å². The number of carbonyl (C=O) groups is 2. The molecule has 1 aliphatic heterocycles. The maximum absolute atomic E-state index is 12.8. The Labute approximate surface area is 145 Å². The van der Waals surface area contributed by atoms with Gasteiger partial charge < -0.3 is 15.2 Å². The number of hydrogen-bond donors (Lipinski definition) is 2. The van der Waals surface area contributed by atoms with Crippen LogP contribution in [0.15, 0.2) is 6.07 Å². The second-order valence-electron chi connectivity index (χ2n) is 6.49. The van der Waals surface area contributed by atoms with Gasteiger partial charge in [0.05, 0.1) is 23.3 Å². The maximum atomic E-state index is 12.8. The van der Waals surface area contributed by atoms with Crippen molar-refractivity contribution in [3.8, 4) is 0 Å². The van der Waals surface area contributed by atoms with E-state index in [0.29, 0.717) is 47.6 Å². The number of ether oxygens (including phenoxy) is 1. The Morgan fingerprint density at radius 1 is 1.44 bits per heavy atom. The molecule has 0 aromatic carbocycles. The number of pyridine rings is 1. The van der Waals surface area contributed by atoms with Crippen molar-refractivity contribution in [3.63, 3.8) is 0 Å². The number of rotatable bonds is 4. The maximum Gasteiger partial charge on any atom is 0.326 e. The van der Waals surface area contributed by atoms with E-state index in [4.69, 9.17) is 4.74 Å². The summed E-state index contributed by atoms with van der Waals surface area (Å²) in [6.45, 7) is 4.58. The van der Waals surface area contributed by atoms with Crippen LogP contribution in [0.4, 0.5) is 0 Å². The van der Waals surface area contributed by atoms with Gasteiger partial charge in [0.25, 0.3) is 5.91 Å². The Hall–Kier alpha value is -2.48. The number of carboxylic acid groups (broad SMARTS) is 1. The predicted molar refractivity (Wildman–Crippen MR) is 90.4 cm³/mol. The lowest BCUT2D eigenvalue weighted by molar-refractivity contribution is -0.142. The third-order valence-corrected chi connectivity index (χ3v) is 4.56. The Kier molecular flexibility index (Phi) is 4.71. The minimum Gasteiger partial charge on any atom is -0.480 e. The molecular formula is C17H22N4O4. The lowest BCUT2D eigenvalue weighted by Crippen LogP contribution is -2.48. The standard InChI is InChI=1S/C17H22N4O4/c1-9-7-12(13-10(2)20-21(3)15(13)18-9)16(22)19-14(17(23)24)11-5-4-6-25-8-11/h7,11,14H,4-6,8H2,1-3H3,(H,19,22)(H,23,24). The fourth-order valence-corrected chi connectivity index (χ4v) is 3.38. The molecule has 2 unspecified atom stereocenters. The van der Waals surface area contributed by atoms with Crippen LogP contribution < -0.4 is 5.32 Å². The molecule has 0 saturated carbocycles. The van der Waals surface area contributed by atoms with Crippen LogP contribution in [-0.4, -0.2) is 51.0 Å². The SMILES string of the molecule is Cc1cc(C(=O)NC(C(=O)O)C2CCCOC2)c2c(C)nn(C)c2n1. The molecule has 3 heterocycles. The van der Waals surface area contributed by atoms with Crippen LogP contribution in [-0.2, 0) is 16.6 Å². The first-order chi connectivity index (χ1) is 11.9. The normalized spacial score (nSPS) is 18.9. The van der Waals surface area contributed by atoms with Gasteiger partial charge in [-0.3, -0.25) is 9.48 Å². The molecule has 0 bridgehead atoms. The molecule has 2 atom stereocenters. The molecule has 1 fully saturated rings. The number of fused-ring (bicyclic) bond motifs is 1. The lowest BCUT2D eigenvalue weighted by Gasteiger charge is -2.28. The highest BCUT2D eigenvalue weighted by Gasteiger charge is 2.32. The van der Waals surface area contributed by atoms with Crippen molar-refractivity contribution in [2.24, 2.45) is 13.0 Å². The van der Waals surface area contributed by atoms with E-state index < -0.39 is 17.9 Å². The smallest absolute Gasteiger partial charge is 0.326 e. The van der Waals surface area contributed by atoms with Crippen molar-refractivity contribution < 1.29 is 19.4 Å². The molecule has 134 valence electrons. The van der Waals surface area contributed by atoms with Crippen LogP contribution in [0.25, 0.3) is 11.0 Å². The van der Waals surface area contributed by atoms with Gasteiger partial charge in [0.1, 0.15) is 6.04 Å². The van der Waals surface area contributed by atoms with Crippen LogP contribution in [0.5, 0.6) is 0 Å². The minimum atomic E-state index is -1.05. The zero-order valence-corrected chi connectivity index (χ0v) is 14.6. The third-order valence-electron chi connectivity index (χ3n) is 4.56. The molecule has 8 heteroatoms. The second kappa shape index (κ2) is 6.79. The number of hydrogen-bond acceptors (Lipinski definition) is 5. The molecule has 25 heavy (non-hydrogen) atoms. The molecule has 2 aromatic heterocycles. The molecule has 2 aromatic rings. The quantitative estimate of drug-likeness (QED) is 0.861. The average molecular weight is 346 g/mol. The van der Waals surface area contributed by atoms with Crippen molar-refractivity contribution in [3.05, 3.63) is 23.0 Å². The summed E-state index contributed by atoms with van der Waals surface area (Å²) in [7, 11) is 1.77. The van der Waals surface area contributed by atoms with Crippen molar-refractivity contribution in [1.82, 2.24) is 20.1 Å². The Bertz CT molecular complexity index is 824. The number of amides is 1. The number of aliphatic carboxylic acids is 1. The average Bonchev–Trinajstić information content (AvgIpc) is 2.86. The van der Waals surface area contributed by atoms with E-state index in [1.165, 1.54) is 0 Å². The number of carbonyl (C=O) groups excluding carboxylic acids is 1. The molecule has 1 aliphatic rings. The van der Waals surface area contributed by atoms with Gasteiger partial charge in [-0.15, -0.1) is 0 Å². The van der Waals surface area contributed by atoms with E-state index >= 15 is 0 Å². The Morgan fingerprint density at radius 2 is 2.20 bits per heavy atom. The monoisotopic (exact) mass is 346 g/mol. The van der Waals surface area contributed by atoms with Crippen LogP contribution in [0.3, 0.4) is 0 Å². The first-order valence-corrected chi connectivity index (χ1v) is 8.31. The molecule has 2 N–H and O–H groups in total. The van der Waals surface area contributed by atoms with Crippen molar-refractivity contribution in [1.29, 1.82) is 0 Å². The van der Waals surface area contributed by atoms with E-state index in [-0.39, 0.29) is 5.92 Å². The van der Waals surface area contributed by atoms with Crippen LogP contribution in [0.1, 0.15) is 34.6 Å². The van der Waals surface area contributed by atoms with Gasteiger partial charge in [-0.05, 0) is 32.8 Å². The summed E-state index contributed by atoms with van der Waals surface area (Å²) in [6, 6.07) is 0.691. The largest absolute Gasteiger partial charge is 0.480 e. The minimum absolute atomic E-state index is 0.233. The second-order valence-corrected chi connectivity index (χ2v) is 6.49. The van der Waals surface area contributed by atoms with Gasteiger partial charge in [-0.25, -0.2) is 9.78 Å². The summed E-state index contributed by atoms with van der Waals surface area (Å²) in [6.07, 6.45) is 1.51. The highest BCUT2D eigenvalue weighted by Crippen LogP contribution is 2.23. The number of aryl methyl sites for hydroxylation is 3. The van der Waals surface area contributed by atoms with Crippen molar-refractivity contribution >= 4 is 22.9 Å². The number of nitrogens with zero attached hydrogens (tertiary/aromatic N) is 3. The lowest BCUT2D eigenvalue weighted by atomic mass is 9.93. The summed E-state index contributed by atoms with van der Waals surface area (Å²) < 4.78 is 7.00. The Morgan fingerprint density at radius 3 is 2.84 bits per heavy atom. The van der Waals surface area contributed by atoms with Gasteiger partial charge in [-0.2, -0.15) is 5.10 Å². The van der Waals surface area contributed by atoms with Gasteiger partial charge in [0.15, 0.2) is 5.65 Å². The zero-order chi connectivity index (χ0) is 18.1. The topological polar surface area (TPSA) is 106 Å². The highest BCUT2D eigenvalue weighted by molar-refractivity contribution is 6.07. The fourth-order valence-electron chi connectivity index (χ4n) is 3.38. The van der Waals surface area contributed by atoms with Gasteiger partial charge >= 0.3 is 5.97 Å². The van der Waals surface area contributed by atoms with Crippen LogP contribution in [0, 0.1) is 19.8 Å². The van der Waals surface area contributed by atoms with Gasteiger partial charge in [0.2, 0.25) is 0 Å². The van der Waals surface area contributed by atoms with E-state index in [2.05, 4.69) is 15.4 Å². The molecular weight excluding hydrogens is 324 g/mol. The first-order valence-electron chi connectivity index (χ1n) is 8.31. The molecule has 3 rings (SSSR count). The zero-order valence-electron chi connectivity index (χ0n) is 14.6. The summed E-state index contributed by atoms with van der Waals surface area (Å²) in [4.78, 5) is 28.9. The predicted octanol–water partition coefficient (Wildman–Crippen LogP) is 1.19. The molecule has 1 saturated heterocycles. The van der Waals surface area contributed by atoms with Crippen molar-refractivity contribution in [2.45, 2.75) is 32.7 Å². The molecule has 0 aliphatic carbocycles. The first kappa shape index (κ1) is 17.3. The van der Waals surface area contributed by atoms with Crippen LogP contribution >= 0.6 is 0 Å². The fraction of sp³-hybridized carbons (Fsp3) is 0.529. The highest BCUT2D eigenvalue weighted by atomic mass is 16.5. The molecule has 0 radical (unpaired) electrons. The van der Waals surface area contributed by atoms with E-state index in [1.54, 1.807) is 31.6 Å². The van der Waals surface area contributed by atoms with Crippen molar-refractivity contribution in [2.75, 3.05) is 13.2 Å². The number of carboxylic acids is 1. The number of nitrogens with one attached hydrogen (secondary N) is 1. The molecule has 0 spiro atoms. The summed E-state index contributed by atoms with van der Waals surface area (Å²) in [5, 5.41) is 17.2. The summed E-state index contributed by atoms with van der Waals surface area (Å²) in [5.74, 6) is -1.71. The van der Waals surface area contributed by atoms with Crippen LogP contribution in [0.2, 0.25) is 0 Å². The van der Waals surface area contributed by atoms with E-state index in [0.717, 1.165) is 6.42 Å². The number of aromatic nitrogens is 3.